The third-order valence-corrected chi connectivity index (χ3v) is 3.89. The summed E-state index contributed by atoms with van der Waals surface area (Å²) in [5.74, 6) is 1.47. The molecule has 1 aliphatic rings. The zero-order chi connectivity index (χ0) is 15.3. The summed E-state index contributed by atoms with van der Waals surface area (Å²) >= 11 is 0. The maximum absolute atomic E-state index is 12.1. The monoisotopic (exact) mass is 292 g/mol. The molecule has 0 saturated heterocycles. The fourth-order valence-corrected chi connectivity index (χ4v) is 2.57. The first kappa shape index (κ1) is 15.6. The molecule has 2 rings (SSSR count). The first-order valence-electron chi connectivity index (χ1n) is 7.41. The van der Waals surface area contributed by atoms with Gasteiger partial charge in [-0.05, 0) is 44.0 Å². The van der Waals surface area contributed by atoms with Crippen LogP contribution in [0.5, 0.6) is 11.5 Å². The number of carbonyl (C=O) groups excluding carboxylic acids is 1. The van der Waals surface area contributed by atoms with Crippen LogP contribution in [0.15, 0.2) is 24.3 Å². The number of amides is 1. The molecule has 3 N–H and O–H groups in total. The largest absolute Gasteiger partial charge is 0.497 e. The highest BCUT2D eigenvalue weighted by Crippen LogP contribution is 2.27. The van der Waals surface area contributed by atoms with E-state index in [0.717, 1.165) is 37.2 Å². The van der Waals surface area contributed by atoms with E-state index < -0.39 is 5.54 Å². The van der Waals surface area contributed by atoms with Crippen molar-refractivity contribution in [2.45, 2.75) is 44.2 Å². The van der Waals surface area contributed by atoms with Gasteiger partial charge in [-0.1, -0.05) is 12.8 Å². The molecule has 0 radical (unpaired) electrons. The third kappa shape index (κ3) is 4.11. The lowest BCUT2D eigenvalue weighted by atomic mass is 9.98. The van der Waals surface area contributed by atoms with Gasteiger partial charge in [-0.2, -0.15) is 0 Å². The smallest absolute Gasteiger partial charge is 0.240 e. The van der Waals surface area contributed by atoms with Crippen molar-refractivity contribution in [1.82, 2.24) is 5.32 Å². The van der Waals surface area contributed by atoms with Crippen LogP contribution in [0.25, 0.3) is 0 Å². The maximum Gasteiger partial charge on any atom is 0.240 e. The van der Waals surface area contributed by atoms with Crippen molar-refractivity contribution in [3.05, 3.63) is 24.3 Å². The molecule has 116 valence electrons. The van der Waals surface area contributed by atoms with Gasteiger partial charge in [-0.15, -0.1) is 0 Å². The van der Waals surface area contributed by atoms with E-state index in [4.69, 9.17) is 15.2 Å². The molecule has 1 fully saturated rings. The van der Waals surface area contributed by atoms with Crippen molar-refractivity contribution in [1.29, 1.82) is 0 Å². The lowest BCUT2D eigenvalue weighted by Gasteiger charge is -2.24. The van der Waals surface area contributed by atoms with E-state index in [1.807, 2.05) is 31.2 Å². The van der Waals surface area contributed by atoms with Gasteiger partial charge in [0, 0.05) is 0 Å². The quantitative estimate of drug-likeness (QED) is 0.839. The Labute approximate surface area is 125 Å². The Kier molecular flexibility index (Phi) is 5.07. The second-order valence-electron chi connectivity index (χ2n) is 5.68. The number of hydrogen-bond donors (Lipinski definition) is 2. The number of carbonyl (C=O) groups is 1. The SMILES string of the molecule is COc1ccc(OC(C)CNC(=O)C2(N)CCCC2)cc1. The molecule has 0 bridgehead atoms. The van der Waals surface area contributed by atoms with Gasteiger partial charge in [0.25, 0.3) is 0 Å². The summed E-state index contributed by atoms with van der Waals surface area (Å²) in [6.45, 7) is 2.37. The van der Waals surface area contributed by atoms with E-state index in [1.165, 1.54) is 0 Å². The molecule has 1 amide bonds. The molecule has 0 aliphatic heterocycles. The Bertz CT molecular complexity index is 467. The summed E-state index contributed by atoms with van der Waals surface area (Å²) in [6, 6.07) is 7.37. The summed E-state index contributed by atoms with van der Waals surface area (Å²) in [5, 5.41) is 2.89. The molecule has 1 unspecified atom stereocenters. The summed E-state index contributed by atoms with van der Waals surface area (Å²) in [7, 11) is 1.62. The van der Waals surface area contributed by atoms with Gasteiger partial charge in [0.1, 0.15) is 17.6 Å². The van der Waals surface area contributed by atoms with Gasteiger partial charge in [0.05, 0.1) is 19.2 Å². The van der Waals surface area contributed by atoms with Crippen LogP contribution in [0, 0.1) is 0 Å². The number of methoxy groups -OCH3 is 1. The van der Waals surface area contributed by atoms with Crippen molar-refractivity contribution in [2.24, 2.45) is 5.73 Å². The number of rotatable bonds is 6. The Balaban J connectivity index is 1.78. The minimum absolute atomic E-state index is 0.0646. The van der Waals surface area contributed by atoms with Crippen molar-refractivity contribution >= 4 is 5.91 Å². The predicted molar refractivity (Wildman–Crippen MR) is 81.5 cm³/mol. The first-order valence-corrected chi connectivity index (χ1v) is 7.41. The zero-order valence-electron chi connectivity index (χ0n) is 12.7. The topological polar surface area (TPSA) is 73.6 Å². The van der Waals surface area contributed by atoms with Crippen LogP contribution in [0.1, 0.15) is 32.6 Å². The van der Waals surface area contributed by atoms with Crippen LogP contribution in [-0.4, -0.2) is 31.2 Å². The molecule has 1 aromatic carbocycles. The number of hydrogen-bond acceptors (Lipinski definition) is 4. The number of ether oxygens (including phenoxy) is 2. The summed E-state index contributed by atoms with van der Waals surface area (Å²) in [6.07, 6.45) is 3.48. The molecule has 5 heteroatoms. The molecular weight excluding hydrogens is 268 g/mol. The van der Waals surface area contributed by atoms with E-state index in [0.29, 0.717) is 6.54 Å². The summed E-state index contributed by atoms with van der Waals surface area (Å²) < 4.78 is 10.8. The molecule has 1 aliphatic carbocycles. The molecule has 0 spiro atoms. The third-order valence-electron chi connectivity index (χ3n) is 3.89. The molecule has 1 atom stereocenters. The lowest BCUT2D eigenvalue weighted by molar-refractivity contribution is -0.126. The van der Waals surface area contributed by atoms with Gasteiger partial charge >= 0.3 is 0 Å². The van der Waals surface area contributed by atoms with Crippen molar-refractivity contribution in [3.8, 4) is 11.5 Å². The van der Waals surface area contributed by atoms with E-state index in [2.05, 4.69) is 5.32 Å². The Hall–Kier alpha value is -1.75. The second-order valence-corrected chi connectivity index (χ2v) is 5.68. The molecule has 0 aromatic heterocycles. The van der Waals surface area contributed by atoms with Gasteiger partial charge in [-0.25, -0.2) is 0 Å². The van der Waals surface area contributed by atoms with Crippen LogP contribution >= 0.6 is 0 Å². The molecule has 5 nitrogen and oxygen atoms in total. The van der Waals surface area contributed by atoms with Gasteiger partial charge in [0.2, 0.25) is 5.91 Å². The van der Waals surface area contributed by atoms with E-state index in [1.54, 1.807) is 7.11 Å². The van der Waals surface area contributed by atoms with Gasteiger partial charge in [0.15, 0.2) is 0 Å². The number of nitrogens with one attached hydrogen (secondary N) is 1. The average molecular weight is 292 g/mol. The maximum atomic E-state index is 12.1. The fraction of sp³-hybridized carbons (Fsp3) is 0.562. The van der Waals surface area contributed by atoms with Crippen molar-refractivity contribution in [3.63, 3.8) is 0 Å². The number of benzene rings is 1. The van der Waals surface area contributed by atoms with Crippen molar-refractivity contribution < 1.29 is 14.3 Å². The normalized spacial score (nSPS) is 18.0. The highest BCUT2D eigenvalue weighted by molar-refractivity contribution is 5.86. The Morgan fingerprint density at radius 2 is 1.86 bits per heavy atom. The van der Waals surface area contributed by atoms with Crippen LogP contribution < -0.4 is 20.5 Å². The Morgan fingerprint density at radius 1 is 1.29 bits per heavy atom. The summed E-state index contributed by atoms with van der Waals surface area (Å²) in [5.41, 5.74) is 5.43. The van der Waals surface area contributed by atoms with Crippen LogP contribution in [-0.2, 0) is 4.79 Å². The van der Waals surface area contributed by atoms with E-state index in [9.17, 15) is 4.79 Å². The highest BCUT2D eigenvalue weighted by atomic mass is 16.5. The molecular formula is C16H24N2O3. The van der Waals surface area contributed by atoms with E-state index >= 15 is 0 Å². The van der Waals surface area contributed by atoms with E-state index in [-0.39, 0.29) is 12.0 Å². The number of nitrogens with two attached hydrogens (primary N) is 1. The molecule has 0 heterocycles. The first-order chi connectivity index (χ1) is 10.0. The molecule has 21 heavy (non-hydrogen) atoms. The minimum Gasteiger partial charge on any atom is -0.497 e. The highest BCUT2D eigenvalue weighted by Gasteiger charge is 2.36. The molecule has 1 saturated carbocycles. The predicted octanol–water partition coefficient (Wildman–Crippen LogP) is 1.85. The summed E-state index contributed by atoms with van der Waals surface area (Å²) in [4.78, 5) is 12.1. The average Bonchev–Trinajstić information content (AvgIpc) is 2.94. The molecule has 1 aromatic rings. The van der Waals surface area contributed by atoms with Gasteiger partial charge in [-0.3, -0.25) is 4.79 Å². The van der Waals surface area contributed by atoms with Crippen LogP contribution in [0.4, 0.5) is 0 Å². The fourth-order valence-electron chi connectivity index (χ4n) is 2.57. The zero-order valence-corrected chi connectivity index (χ0v) is 12.7. The van der Waals surface area contributed by atoms with Crippen LogP contribution in [0.3, 0.4) is 0 Å². The minimum atomic E-state index is -0.681. The Morgan fingerprint density at radius 3 is 2.43 bits per heavy atom. The lowest BCUT2D eigenvalue weighted by Crippen LogP contribution is -2.53. The van der Waals surface area contributed by atoms with Gasteiger partial charge < -0.3 is 20.5 Å². The van der Waals surface area contributed by atoms with Crippen LogP contribution in [0.2, 0.25) is 0 Å². The standard InChI is InChI=1S/C16H24N2O3/c1-12(21-14-7-5-13(20-2)6-8-14)11-18-15(19)16(17)9-3-4-10-16/h5-8,12H,3-4,9-11,17H2,1-2H3,(H,18,19). The second kappa shape index (κ2) is 6.80. The van der Waals surface area contributed by atoms with Crippen molar-refractivity contribution in [2.75, 3.05) is 13.7 Å².